The van der Waals surface area contributed by atoms with Gasteiger partial charge in [0.15, 0.2) is 16.7 Å². The van der Waals surface area contributed by atoms with Crippen LogP contribution in [0, 0.1) is 5.92 Å². The largest absolute Gasteiger partial charge is 0.461 e. The Hall–Kier alpha value is -2.25. The normalized spacial score (nSPS) is 11.1. The Kier molecular flexibility index (Phi) is 6.00. The van der Waals surface area contributed by atoms with E-state index in [4.69, 9.17) is 16.0 Å². The quantitative estimate of drug-likeness (QED) is 0.598. The summed E-state index contributed by atoms with van der Waals surface area (Å²) in [6.07, 6.45) is 1.60. The number of benzene rings is 1. The number of para-hydroxylation sites is 1. The third-order valence-electron chi connectivity index (χ3n) is 3.49. The van der Waals surface area contributed by atoms with Crippen molar-refractivity contribution in [2.24, 2.45) is 5.92 Å². The van der Waals surface area contributed by atoms with Gasteiger partial charge in [0.2, 0.25) is 5.91 Å². The minimum Gasteiger partial charge on any atom is -0.461 e. The highest BCUT2D eigenvalue weighted by Crippen LogP contribution is 2.26. The molecule has 0 unspecified atom stereocenters. The first-order chi connectivity index (χ1) is 12.5. The van der Waals surface area contributed by atoms with Crippen LogP contribution in [0.2, 0.25) is 5.02 Å². The first-order valence-electron chi connectivity index (χ1n) is 8.19. The third kappa shape index (κ3) is 4.47. The molecule has 0 spiro atoms. The topological polar surface area (TPSA) is 73.0 Å². The first kappa shape index (κ1) is 18.5. The van der Waals surface area contributed by atoms with Gasteiger partial charge >= 0.3 is 0 Å². The molecule has 8 heteroatoms. The molecule has 1 aromatic carbocycles. The van der Waals surface area contributed by atoms with Gasteiger partial charge in [-0.25, -0.2) is 0 Å². The Bertz CT molecular complexity index is 877. The molecule has 6 nitrogen and oxygen atoms in total. The smallest absolute Gasteiger partial charge is 0.234 e. The number of halogens is 1. The number of hydrogen-bond donors (Lipinski definition) is 1. The molecule has 136 valence electrons. The second kappa shape index (κ2) is 8.42. The second-order valence-electron chi connectivity index (χ2n) is 6.10. The molecule has 0 aliphatic carbocycles. The second-order valence-corrected chi connectivity index (χ2v) is 7.45. The number of nitrogens with one attached hydrogen (secondary N) is 1. The van der Waals surface area contributed by atoms with Crippen molar-refractivity contribution in [1.82, 2.24) is 14.8 Å². The van der Waals surface area contributed by atoms with Gasteiger partial charge < -0.3 is 9.73 Å². The maximum absolute atomic E-state index is 12.2. The van der Waals surface area contributed by atoms with Crippen LogP contribution >= 0.6 is 23.4 Å². The molecular weight excluding hydrogens is 372 g/mol. The van der Waals surface area contributed by atoms with Gasteiger partial charge in [0.1, 0.15) is 0 Å². The molecule has 0 radical (unpaired) electrons. The molecule has 1 amide bonds. The van der Waals surface area contributed by atoms with Crippen molar-refractivity contribution in [2.45, 2.75) is 25.5 Å². The number of furan rings is 1. The van der Waals surface area contributed by atoms with E-state index < -0.39 is 0 Å². The summed E-state index contributed by atoms with van der Waals surface area (Å²) in [5.41, 5.74) is 0.597. The zero-order chi connectivity index (χ0) is 18.5. The van der Waals surface area contributed by atoms with Crippen LogP contribution in [-0.2, 0) is 11.3 Å². The Labute approximate surface area is 160 Å². The average molecular weight is 391 g/mol. The minimum atomic E-state index is -0.151. The van der Waals surface area contributed by atoms with E-state index in [0.29, 0.717) is 33.4 Å². The SMILES string of the molecule is CC(C)Cn1c(SCC(=O)Nc2ccccc2Cl)nnc1-c1ccco1. The van der Waals surface area contributed by atoms with Gasteiger partial charge in [-0.15, -0.1) is 10.2 Å². The Morgan fingerprint density at radius 3 is 2.77 bits per heavy atom. The van der Waals surface area contributed by atoms with Crippen LogP contribution in [0.25, 0.3) is 11.6 Å². The first-order valence-corrected chi connectivity index (χ1v) is 9.55. The van der Waals surface area contributed by atoms with E-state index in [1.165, 1.54) is 11.8 Å². The van der Waals surface area contributed by atoms with E-state index >= 15 is 0 Å². The van der Waals surface area contributed by atoms with Crippen LogP contribution in [0.5, 0.6) is 0 Å². The van der Waals surface area contributed by atoms with Crippen molar-refractivity contribution in [3.8, 4) is 11.6 Å². The van der Waals surface area contributed by atoms with Gasteiger partial charge in [-0.1, -0.05) is 49.3 Å². The molecule has 0 saturated heterocycles. The lowest BCUT2D eigenvalue weighted by atomic mass is 10.2. The molecule has 0 atom stereocenters. The summed E-state index contributed by atoms with van der Waals surface area (Å²) in [6.45, 7) is 4.96. The summed E-state index contributed by atoms with van der Waals surface area (Å²) in [6, 6.07) is 10.8. The molecule has 1 N–H and O–H groups in total. The number of hydrogen-bond acceptors (Lipinski definition) is 5. The Morgan fingerprint density at radius 1 is 1.27 bits per heavy atom. The standard InChI is InChI=1S/C18H19ClN4O2S/c1-12(2)10-23-17(15-8-5-9-25-15)21-22-18(23)26-11-16(24)20-14-7-4-3-6-13(14)19/h3-9,12H,10-11H2,1-2H3,(H,20,24). The minimum absolute atomic E-state index is 0.151. The lowest BCUT2D eigenvalue weighted by Gasteiger charge is -2.11. The summed E-state index contributed by atoms with van der Waals surface area (Å²) in [7, 11) is 0. The van der Waals surface area contributed by atoms with Crippen LogP contribution in [0.1, 0.15) is 13.8 Å². The predicted molar refractivity (Wildman–Crippen MR) is 103 cm³/mol. The highest BCUT2D eigenvalue weighted by Gasteiger charge is 2.18. The van der Waals surface area contributed by atoms with Gasteiger partial charge in [0.05, 0.1) is 22.7 Å². The van der Waals surface area contributed by atoms with E-state index in [1.807, 2.05) is 28.8 Å². The molecule has 26 heavy (non-hydrogen) atoms. The number of nitrogens with zero attached hydrogens (tertiary/aromatic N) is 3. The maximum Gasteiger partial charge on any atom is 0.234 e. The van der Waals surface area contributed by atoms with Crippen molar-refractivity contribution in [2.75, 3.05) is 11.1 Å². The maximum atomic E-state index is 12.2. The molecule has 0 saturated carbocycles. The highest BCUT2D eigenvalue weighted by molar-refractivity contribution is 7.99. The summed E-state index contributed by atoms with van der Waals surface area (Å²) in [4.78, 5) is 12.2. The number of aromatic nitrogens is 3. The van der Waals surface area contributed by atoms with Crippen LogP contribution < -0.4 is 5.32 Å². The number of carbonyl (C=O) groups excluding carboxylic acids is 1. The molecule has 2 aromatic heterocycles. The molecule has 0 aliphatic rings. The summed E-state index contributed by atoms with van der Waals surface area (Å²) in [5, 5.41) is 12.5. The Balaban J connectivity index is 1.71. The lowest BCUT2D eigenvalue weighted by Crippen LogP contribution is -2.15. The average Bonchev–Trinajstić information content (AvgIpc) is 3.24. The highest BCUT2D eigenvalue weighted by atomic mass is 35.5. The zero-order valence-corrected chi connectivity index (χ0v) is 16.0. The van der Waals surface area contributed by atoms with Crippen LogP contribution in [0.4, 0.5) is 5.69 Å². The number of anilines is 1. The van der Waals surface area contributed by atoms with Crippen LogP contribution in [0.3, 0.4) is 0 Å². The summed E-state index contributed by atoms with van der Waals surface area (Å²) < 4.78 is 7.43. The lowest BCUT2D eigenvalue weighted by molar-refractivity contribution is -0.113. The van der Waals surface area contributed by atoms with Crippen LogP contribution in [-0.4, -0.2) is 26.4 Å². The van der Waals surface area contributed by atoms with Gasteiger partial charge in [-0.2, -0.15) is 0 Å². The predicted octanol–water partition coefficient (Wildman–Crippen LogP) is 4.58. The van der Waals surface area contributed by atoms with Crippen molar-refractivity contribution in [3.05, 3.63) is 47.7 Å². The van der Waals surface area contributed by atoms with E-state index in [0.717, 1.165) is 6.54 Å². The van der Waals surface area contributed by atoms with E-state index in [-0.39, 0.29) is 11.7 Å². The fraction of sp³-hybridized carbons (Fsp3) is 0.278. The number of carbonyl (C=O) groups is 1. The van der Waals surface area contributed by atoms with E-state index in [9.17, 15) is 4.79 Å². The number of rotatable bonds is 7. The number of thioether (sulfide) groups is 1. The van der Waals surface area contributed by atoms with Crippen molar-refractivity contribution < 1.29 is 9.21 Å². The molecular formula is C18H19ClN4O2S. The number of amides is 1. The fourth-order valence-electron chi connectivity index (χ4n) is 2.39. The molecule has 0 fully saturated rings. The molecule has 2 heterocycles. The van der Waals surface area contributed by atoms with Gasteiger partial charge in [-0.05, 0) is 30.2 Å². The Morgan fingerprint density at radius 2 is 2.08 bits per heavy atom. The molecule has 3 aromatic rings. The van der Waals surface area contributed by atoms with Crippen molar-refractivity contribution in [1.29, 1.82) is 0 Å². The summed E-state index contributed by atoms with van der Waals surface area (Å²) in [5.74, 6) is 1.78. The van der Waals surface area contributed by atoms with Crippen molar-refractivity contribution >= 4 is 35.0 Å². The summed E-state index contributed by atoms with van der Waals surface area (Å²) >= 11 is 7.40. The molecule has 0 bridgehead atoms. The fourth-order valence-corrected chi connectivity index (χ4v) is 3.32. The van der Waals surface area contributed by atoms with E-state index in [2.05, 4.69) is 29.4 Å². The molecule has 0 aliphatic heterocycles. The van der Waals surface area contributed by atoms with Gasteiger partial charge in [0.25, 0.3) is 0 Å². The van der Waals surface area contributed by atoms with Gasteiger partial charge in [-0.3, -0.25) is 9.36 Å². The van der Waals surface area contributed by atoms with Crippen molar-refractivity contribution in [3.63, 3.8) is 0 Å². The monoisotopic (exact) mass is 390 g/mol. The molecule has 3 rings (SSSR count). The zero-order valence-electron chi connectivity index (χ0n) is 14.5. The van der Waals surface area contributed by atoms with Gasteiger partial charge in [0, 0.05) is 6.54 Å². The van der Waals surface area contributed by atoms with E-state index in [1.54, 1.807) is 18.4 Å². The third-order valence-corrected chi connectivity index (χ3v) is 4.78. The van der Waals surface area contributed by atoms with Crippen LogP contribution in [0.15, 0.2) is 52.2 Å².